The lowest BCUT2D eigenvalue weighted by Gasteiger charge is -2.11. The van der Waals surface area contributed by atoms with Crippen LogP contribution in [0.25, 0.3) is 0 Å². The third kappa shape index (κ3) is 3.22. The molecule has 0 N–H and O–H groups in total. The summed E-state index contributed by atoms with van der Waals surface area (Å²) in [4.78, 5) is 21.9. The average molecular weight is 262 g/mol. The molecule has 4 nitrogen and oxygen atoms in total. The second-order valence-electron chi connectivity index (χ2n) is 3.31. The van der Waals surface area contributed by atoms with Crippen molar-refractivity contribution in [2.75, 3.05) is 7.11 Å². The smallest absolute Gasteiger partial charge is 0.491 e. The Morgan fingerprint density at radius 3 is 2.28 bits per heavy atom. The van der Waals surface area contributed by atoms with Crippen LogP contribution in [0.1, 0.15) is 17.3 Å². The monoisotopic (exact) mass is 262 g/mol. The van der Waals surface area contributed by atoms with Crippen molar-refractivity contribution in [3.05, 3.63) is 23.8 Å². The standard InChI is InChI=1S/C11H9F3O4/c1-6(15)8-4-3-7(17-2)5-9(8)18-10(16)11(12,13)14/h3-5H,1-2H3. The van der Waals surface area contributed by atoms with Gasteiger partial charge in [0.15, 0.2) is 5.78 Å². The molecule has 0 atom stereocenters. The van der Waals surface area contributed by atoms with E-state index in [0.717, 1.165) is 13.0 Å². The molecule has 0 heterocycles. The lowest BCUT2D eigenvalue weighted by molar-refractivity contribution is -0.189. The van der Waals surface area contributed by atoms with Crippen LogP contribution in [-0.4, -0.2) is 25.0 Å². The van der Waals surface area contributed by atoms with Gasteiger partial charge in [-0.25, -0.2) is 4.79 Å². The van der Waals surface area contributed by atoms with Gasteiger partial charge in [-0.05, 0) is 19.1 Å². The molecule has 1 aromatic carbocycles. The number of rotatable bonds is 3. The zero-order valence-corrected chi connectivity index (χ0v) is 9.50. The van der Waals surface area contributed by atoms with E-state index in [1.54, 1.807) is 0 Å². The van der Waals surface area contributed by atoms with Gasteiger partial charge in [0.1, 0.15) is 11.5 Å². The first kappa shape index (κ1) is 14.0. The normalized spacial score (nSPS) is 10.9. The van der Waals surface area contributed by atoms with Crippen LogP contribution in [-0.2, 0) is 4.79 Å². The second-order valence-corrected chi connectivity index (χ2v) is 3.31. The molecule has 18 heavy (non-hydrogen) atoms. The summed E-state index contributed by atoms with van der Waals surface area (Å²) in [5.74, 6) is -3.23. The van der Waals surface area contributed by atoms with E-state index in [-0.39, 0.29) is 11.3 Å². The van der Waals surface area contributed by atoms with Crippen LogP contribution in [0.15, 0.2) is 18.2 Å². The third-order valence-corrected chi connectivity index (χ3v) is 2.00. The van der Waals surface area contributed by atoms with E-state index >= 15 is 0 Å². The highest BCUT2D eigenvalue weighted by Gasteiger charge is 2.41. The van der Waals surface area contributed by atoms with Gasteiger partial charge in [-0.1, -0.05) is 0 Å². The van der Waals surface area contributed by atoms with Crippen molar-refractivity contribution in [3.8, 4) is 11.5 Å². The fraction of sp³-hybridized carbons (Fsp3) is 0.273. The van der Waals surface area contributed by atoms with E-state index in [0.29, 0.717) is 0 Å². The Balaban J connectivity index is 3.12. The molecular weight excluding hydrogens is 253 g/mol. The van der Waals surface area contributed by atoms with Crippen LogP contribution in [0, 0.1) is 0 Å². The van der Waals surface area contributed by atoms with Gasteiger partial charge >= 0.3 is 12.1 Å². The van der Waals surface area contributed by atoms with E-state index < -0.39 is 23.7 Å². The third-order valence-electron chi connectivity index (χ3n) is 2.00. The lowest BCUT2D eigenvalue weighted by atomic mass is 10.1. The van der Waals surface area contributed by atoms with Crippen molar-refractivity contribution in [1.29, 1.82) is 0 Å². The highest BCUT2D eigenvalue weighted by molar-refractivity contribution is 5.98. The van der Waals surface area contributed by atoms with E-state index in [9.17, 15) is 22.8 Å². The molecule has 1 rings (SSSR count). The van der Waals surface area contributed by atoms with Crippen molar-refractivity contribution in [2.24, 2.45) is 0 Å². The summed E-state index contributed by atoms with van der Waals surface area (Å²) in [6.07, 6.45) is -5.13. The first-order valence-electron chi connectivity index (χ1n) is 4.73. The number of benzene rings is 1. The summed E-state index contributed by atoms with van der Waals surface area (Å²) in [6.45, 7) is 1.15. The fourth-order valence-electron chi connectivity index (χ4n) is 1.16. The number of ether oxygens (including phenoxy) is 2. The molecular formula is C11H9F3O4. The molecule has 0 saturated carbocycles. The number of carbonyl (C=O) groups excluding carboxylic acids is 2. The second kappa shape index (κ2) is 5.07. The van der Waals surface area contributed by atoms with Gasteiger partial charge in [0.25, 0.3) is 0 Å². The molecule has 0 spiro atoms. The fourth-order valence-corrected chi connectivity index (χ4v) is 1.16. The molecule has 0 aromatic heterocycles. The Kier molecular flexibility index (Phi) is 3.95. The zero-order valence-electron chi connectivity index (χ0n) is 9.50. The van der Waals surface area contributed by atoms with Gasteiger partial charge in [-0.2, -0.15) is 13.2 Å². The number of ketones is 1. The summed E-state index contributed by atoms with van der Waals surface area (Å²) >= 11 is 0. The Morgan fingerprint density at radius 1 is 1.22 bits per heavy atom. The van der Waals surface area contributed by atoms with E-state index in [2.05, 4.69) is 4.74 Å². The SMILES string of the molecule is COc1ccc(C(C)=O)c(OC(=O)C(F)(F)F)c1. The molecule has 0 fully saturated rings. The van der Waals surface area contributed by atoms with Crippen molar-refractivity contribution in [2.45, 2.75) is 13.1 Å². The number of methoxy groups -OCH3 is 1. The average Bonchev–Trinajstić information content (AvgIpc) is 2.27. The van der Waals surface area contributed by atoms with Crippen LogP contribution in [0.4, 0.5) is 13.2 Å². The number of halogens is 3. The Morgan fingerprint density at radius 2 is 1.83 bits per heavy atom. The number of carbonyl (C=O) groups is 2. The van der Waals surface area contributed by atoms with Crippen LogP contribution >= 0.6 is 0 Å². The quantitative estimate of drug-likeness (QED) is 0.476. The number of esters is 1. The largest absolute Gasteiger partial charge is 0.497 e. The molecule has 98 valence electrons. The Hall–Kier alpha value is -2.05. The predicted octanol–water partition coefficient (Wildman–Crippen LogP) is 2.37. The van der Waals surface area contributed by atoms with Crippen molar-refractivity contribution < 1.29 is 32.2 Å². The molecule has 0 radical (unpaired) electrons. The van der Waals surface area contributed by atoms with E-state index in [1.807, 2.05) is 0 Å². The summed E-state index contributed by atoms with van der Waals surface area (Å²) in [6, 6.07) is 3.64. The van der Waals surface area contributed by atoms with Crippen molar-refractivity contribution in [3.63, 3.8) is 0 Å². The van der Waals surface area contributed by atoms with Crippen LogP contribution in [0.3, 0.4) is 0 Å². The van der Waals surface area contributed by atoms with Gasteiger partial charge in [0.05, 0.1) is 12.7 Å². The Bertz CT molecular complexity index is 480. The van der Waals surface area contributed by atoms with E-state index in [1.165, 1.54) is 19.2 Å². The molecule has 0 saturated heterocycles. The van der Waals surface area contributed by atoms with Crippen molar-refractivity contribution >= 4 is 11.8 Å². The molecule has 0 unspecified atom stereocenters. The van der Waals surface area contributed by atoms with Crippen LogP contribution in [0.5, 0.6) is 11.5 Å². The van der Waals surface area contributed by atoms with Crippen LogP contribution < -0.4 is 9.47 Å². The topological polar surface area (TPSA) is 52.6 Å². The predicted molar refractivity (Wildman–Crippen MR) is 54.7 cm³/mol. The van der Waals surface area contributed by atoms with Gasteiger partial charge in [0, 0.05) is 6.07 Å². The number of Topliss-reactive ketones (excluding diaryl/α,β-unsaturated/α-hetero) is 1. The maximum absolute atomic E-state index is 12.1. The molecule has 0 bridgehead atoms. The van der Waals surface area contributed by atoms with Crippen LogP contribution in [0.2, 0.25) is 0 Å². The van der Waals surface area contributed by atoms with Crippen molar-refractivity contribution in [1.82, 2.24) is 0 Å². The minimum Gasteiger partial charge on any atom is -0.497 e. The van der Waals surface area contributed by atoms with Gasteiger partial charge in [0.2, 0.25) is 0 Å². The minimum absolute atomic E-state index is 0.131. The summed E-state index contributed by atoms with van der Waals surface area (Å²) in [5.41, 5.74) is -0.131. The number of hydrogen-bond donors (Lipinski definition) is 0. The molecule has 1 aromatic rings. The maximum Gasteiger partial charge on any atom is 0.491 e. The first-order valence-corrected chi connectivity index (χ1v) is 4.73. The summed E-state index contributed by atoms with van der Waals surface area (Å²) in [7, 11) is 1.29. The molecule has 0 aliphatic carbocycles. The number of alkyl halides is 3. The van der Waals surface area contributed by atoms with Gasteiger partial charge < -0.3 is 9.47 Å². The lowest BCUT2D eigenvalue weighted by Crippen LogP contribution is -2.28. The number of hydrogen-bond acceptors (Lipinski definition) is 4. The van der Waals surface area contributed by atoms with Gasteiger partial charge in [-0.15, -0.1) is 0 Å². The summed E-state index contributed by atoms with van der Waals surface area (Å²) < 4.78 is 45.1. The minimum atomic E-state index is -5.13. The highest BCUT2D eigenvalue weighted by Crippen LogP contribution is 2.27. The maximum atomic E-state index is 12.1. The highest BCUT2D eigenvalue weighted by atomic mass is 19.4. The molecule has 7 heteroatoms. The first-order chi connectivity index (χ1) is 8.25. The molecule has 0 amide bonds. The Labute approximate surface area is 100 Å². The van der Waals surface area contributed by atoms with E-state index in [4.69, 9.17) is 4.74 Å². The molecule has 0 aliphatic heterocycles. The zero-order chi connectivity index (χ0) is 13.9. The summed E-state index contributed by atoms with van der Waals surface area (Å²) in [5, 5.41) is 0. The molecule has 0 aliphatic rings. The van der Waals surface area contributed by atoms with Gasteiger partial charge in [-0.3, -0.25) is 4.79 Å².